The van der Waals surface area contributed by atoms with Gasteiger partial charge in [0.2, 0.25) is 0 Å². The highest BCUT2D eigenvalue weighted by molar-refractivity contribution is 9.10. The molecule has 0 spiro atoms. The molecule has 1 aromatic carbocycles. The molecule has 0 aliphatic carbocycles. The van der Waals surface area contributed by atoms with Gasteiger partial charge in [-0.3, -0.25) is 0 Å². The summed E-state index contributed by atoms with van der Waals surface area (Å²) < 4.78 is 0.876. The number of nitrogens with one attached hydrogen (secondary N) is 1. The zero-order chi connectivity index (χ0) is 10.5. The Morgan fingerprint density at radius 1 is 1.20 bits per heavy atom. The van der Waals surface area contributed by atoms with Gasteiger partial charge in [0.05, 0.1) is 4.47 Å². The Morgan fingerprint density at radius 3 is 2.73 bits per heavy atom. The van der Waals surface area contributed by atoms with E-state index in [9.17, 15) is 0 Å². The molecule has 15 heavy (non-hydrogen) atoms. The summed E-state index contributed by atoms with van der Waals surface area (Å²) in [6.45, 7) is 0.760. The second-order valence-electron chi connectivity index (χ2n) is 3.06. The number of hydrogen-bond acceptors (Lipinski definition) is 3. The molecular weight excluding hydrogens is 254 g/mol. The zero-order valence-electron chi connectivity index (χ0n) is 8.02. The molecular formula is C11H10BrN3. The van der Waals surface area contributed by atoms with E-state index >= 15 is 0 Å². The molecule has 0 saturated carbocycles. The zero-order valence-corrected chi connectivity index (χ0v) is 9.61. The fraction of sp³-hybridized carbons (Fsp3) is 0.0909. The van der Waals surface area contributed by atoms with Gasteiger partial charge in [-0.25, -0.2) is 9.97 Å². The normalized spacial score (nSPS) is 9.93. The highest BCUT2D eigenvalue weighted by Crippen LogP contribution is 2.17. The largest absolute Gasteiger partial charge is 0.365 e. The molecule has 0 amide bonds. The van der Waals surface area contributed by atoms with Crippen molar-refractivity contribution in [3.63, 3.8) is 0 Å². The Hall–Kier alpha value is -1.42. The van der Waals surface area contributed by atoms with Crippen LogP contribution in [0.5, 0.6) is 0 Å². The lowest BCUT2D eigenvalue weighted by Crippen LogP contribution is -2.01. The molecule has 0 aliphatic rings. The lowest BCUT2D eigenvalue weighted by molar-refractivity contribution is 1.07. The summed E-state index contributed by atoms with van der Waals surface area (Å²) in [6.07, 6.45) is 3.25. The van der Waals surface area contributed by atoms with Crippen LogP contribution >= 0.6 is 15.9 Å². The van der Waals surface area contributed by atoms with E-state index in [-0.39, 0.29) is 0 Å². The van der Waals surface area contributed by atoms with Crippen LogP contribution in [0.1, 0.15) is 5.56 Å². The molecule has 0 fully saturated rings. The molecule has 1 N–H and O–H groups in total. The summed E-state index contributed by atoms with van der Waals surface area (Å²) >= 11 is 3.38. The first-order valence-electron chi connectivity index (χ1n) is 4.59. The van der Waals surface area contributed by atoms with Crippen molar-refractivity contribution in [2.24, 2.45) is 0 Å². The van der Waals surface area contributed by atoms with Crippen molar-refractivity contribution in [1.82, 2.24) is 9.97 Å². The quantitative estimate of drug-likeness (QED) is 0.926. The fourth-order valence-electron chi connectivity index (χ4n) is 1.22. The number of hydrogen-bond donors (Lipinski definition) is 1. The van der Waals surface area contributed by atoms with Crippen molar-refractivity contribution < 1.29 is 0 Å². The van der Waals surface area contributed by atoms with E-state index in [2.05, 4.69) is 43.3 Å². The average Bonchev–Trinajstić information content (AvgIpc) is 2.29. The Morgan fingerprint density at radius 2 is 2.00 bits per heavy atom. The van der Waals surface area contributed by atoms with E-state index < -0.39 is 0 Å². The number of halogens is 1. The van der Waals surface area contributed by atoms with Crippen LogP contribution in [0.25, 0.3) is 0 Å². The minimum absolute atomic E-state index is 0.760. The maximum Gasteiger partial charge on any atom is 0.144 e. The summed E-state index contributed by atoms with van der Waals surface area (Å²) in [5, 5.41) is 3.23. The number of anilines is 1. The molecule has 2 rings (SSSR count). The van der Waals surface area contributed by atoms with Crippen LogP contribution in [0.3, 0.4) is 0 Å². The Kier molecular flexibility index (Phi) is 3.29. The molecule has 1 heterocycles. The van der Waals surface area contributed by atoms with Crippen molar-refractivity contribution in [3.8, 4) is 0 Å². The monoisotopic (exact) mass is 263 g/mol. The molecule has 0 aliphatic heterocycles. The van der Waals surface area contributed by atoms with Crippen molar-refractivity contribution >= 4 is 21.7 Å². The second kappa shape index (κ2) is 4.89. The highest BCUT2D eigenvalue weighted by Gasteiger charge is 1.99. The Bertz CT molecular complexity index is 431. The third kappa shape index (κ3) is 2.76. The van der Waals surface area contributed by atoms with Gasteiger partial charge in [-0.05, 0) is 21.5 Å². The van der Waals surface area contributed by atoms with Crippen LogP contribution in [0.15, 0.2) is 47.3 Å². The molecule has 1 aromatic heterocycles. The van der Waals surface area contributed by atoms with Gasteiger partial charge in [0.15, 0.2) is 0 Å². The van der Waals surface area contributed by atoms with Gasteiger partial charge in [0.25, 0.3) is 0 Å². The first kappa shape index (κ1) is 10.1. The predicted octanol–water partition coefficient (Wildman–Crippen LogP) is 2.85. The van der Waals surface area contributed by atoms with E-state index in [4.69, 9.17) is 0 Å². The Labute approximate surface area is 96.7 Å². The lowest BCUT2D eigenvalue weighted by Gasteiger charge is -2.06. The fourth-order valence-corrected chi connectivity index (χ4v) is 1.59. The molecule has 2 aromatic rings. The standard InChI is InChI=1S/C11H10BrN3/c12-10-7-13-8-15-11(10)14-6-9-4-2-1-3-5-9/h1-5,7-8H,6H2,(H,13,14,15). The van der Waals surface area contributed by atoms with Gasteiger partial charge in [-0.2, -0.15) is 0 Å². The molecule has 3 nitrogen and oxygen atoms in total. The maximum atomic E-state index is 4.12. The van der Waals surface area contributed by atoms with Crippen molar-refractivity contribution in [1.29, 1.82) is 0 Å². The van der Waals surface area contributed by atoms with Crippen LogP contribution in [0.4, 0.5) is 5.82 Å². The lowest BCUT2D eigenvalue weighted by atomic mass is 10.2. The third-order valence-electron chi connectivity index (χ3n) is 1.97. The van der Waals surface area contributed by atoms with E-state index in [1.165, 1.54) is 11.9 Å². The SMILES string of the molecule is Brc1cncnc1NCc1ccccc1. The summed E-state index contributed by atoms with van der Waals surface area (Å²) in [5.41, 5.74) is 1.23. The van der Waals surface area contributed by atoms with E-state index in [0.29, 0.717) is 0 Å². The van der Waals surface area contributed by atoms with Crippen LogP contribution in [0, 0.1) is 0 Å². The number of aromatic nitrogens is 2. The first-order valence-corrected chi connectivity index (χ1v) is 5.39. The molecule has 0 radical (unpaired) electrons. The smallest absolute Gasteiger partial charge is 0.144 e. The minimum atomic E-state index is 0.760. The second-order valence-corrected chi connectivity index (χ2v) is 3.91. The molecule has 4 heteroatoms. The van der Waals surface area contributed by atoms with Crippen LogP contribution < -0.4 is 5.32 Å². The number of benzene rings is 1. The highest BCUT2D eigenvalue weighted by atomic mass is 79.9. The van der Waals surface area contributed by atoms with Crippen LogP contribution in [-0.2, 0) is 6.54 Å². The predicted molar refractivity (Wildman–Crippen MR) is 63.5 cm³/mol. The van der Waals surface area contributed by atoms with Crippen LogP contribution in [-0.4, -0.2) is 9.97 Å². The van der Waals surface area contributed by atoms with E-state index in [0.717, 1.165) is 16.8 Å². The summed E-state index contributed by atoms with van der Waals surface area (Å²) in [7, 11) is 0. The van der Waals surface area contributed by atoms with Crippen molar-refractivity contribution in [2.75, 3.05) is 5.32 Å². The molecule has 0 saturated heterocycles. The van der Waals surface area contributed by atoms with Gasteiger partial charge in [0, 0.05) is 12.7 Å². The summed E-state index contributed by atoms with van der Waals surface area (Å²) in [5.74, 6) is 0.814. The van der Waals surface area contributed by atoms with Crippen LogP contribution in [0.2, 0.25) is 0 Å². The summed E-state index contributed by atoms with van der Waals surface area (Å²) in [4.78, 5) is 8.03. The van der Waals surface area contributed by atoms with Gasteiger partial charge in [-0.1, -0.05) is 30.3 Å². The minimum Gasteiger partial charge on any atom is -0.365 e. The van der Waals surface area contributed by atoms with Gasteiger partial charge in [-0.15, -0.1) is 0 Å². The van der Waals surface area contributed by atoms with Crippen molar-refractivity contribution in [2.45, 2.75) is 6.54 Å². The maximum absolute atomic E-state index is 4.12. The first-order chi connectivity index (χ1) is 7.36. The summed E-state index contributed by atoms with van der Waals surface area (Å²) in [6, 6.07) is 10.2. The third-order valence-corrected chi connectivity index (χ3v) is 2.55. The number of nitrogens with zero attached hydrogens (tertiary/aromatic N) is 2. The van der Waals surface area contributed by atoms with E-state index in [1.54, 1.807) is 6.20 Å². The van der Waals surface area contributed by atoms with E-state index in [1.807, 2.05) is 18.2 Å². The van der Waals surface area contributed by atoms with Gasteiger partial charge >= 0.3 is 0 Å². The average molecular weight is 264 g/mol. The van der Waals surface area contributed by atoms with Gasteiger partial charge < -0.3 is 5.32 Å². The molecule has 0 atom stereocenters. The molecule has 76 valence electrons. The van der Waals surface area contributed by atoms with Gasteiger partial charge in [0.1, 0.15) is 12.1 Å². The molecule has 0 unspecified atom stereocenters. The molecule has 0 bridgehead atoms. The van der Waals surface area contributed by atoms with Crippen molar-refractivity contribution in [3.05, 3.63) is 52.9 Å². The number of rotatable bonds is 3. The topological polar surface area (TPSA) is 37.8 Å². The Balaban J connectivity index is 2.03.